The lowest BCUT2D eigenvalue weighted by atomic mass is 9.51. The van der Waals surface area contributed by atoms with Crippen LogP contribution in [0.25, 0.3) is 0 Å². The average Bonchev–Trinajstić information content (AvgIpc) is 2.85. The van der Waals surface area contributed by atoms with E-state index in [1.54, 1.807) is 0 Å². The number of nitrogens with two attached hydrogens (primary N) is 1. The van der Waals surface area contributed by atoms with Gasteiger partial charge in [-0.1, -0.05) is 5.16 Å². The van der Waals surface area contributed by atoms with Crippen LogP contribution in [0, 0.1) is 29.6 Å². The molecule has 4 aliphatic rings. The SMILES string of the molecule is NCc1nc(CCC2C3CC4CC(C3)CC2C4)no1. The number of hydrogen-bond acceptors (Lipinski definition) is 4. The first kappa shape index (κ1) is 11.9. The number of aromatic nitrogens is 2. The second kappa shape index (κ2) is 4.58. The highest BCUT2D eigenvalue weighted by molar-refractivity contribution is 4.99. The Morgan fingerprint density at radius 3 is 2.32 bits per heavy atom. The minimum Gasteiger partial charge on any atom is -0.338 e. The van der Waals surface area contributed by atoms with Crippen LogP contribution in [0.15, 0.2) is 4.52 Å². The Morgan fingerprint density at radius 2 is 1.74 bits per heavy atom. The zero-order chi connectivity index (χ0) is 12.8. The third-order valence-corrected chi connectivity index (χ3v) is 5.81. The van der Waals surface area contributed by atoms with Crippen molar-refractivity contribution in [3.8, 4) is 0 Å². The Labute approximate surface area is 114 Å². The summed E-state index contributed by atoms with van der Waals surface area (Å²) in [6, 6.07) is 0. The molecular weight excluding hydrogens is 238 g/mol. The van der Waals surface area contributed by atoms with Crippen LogP contribution in [0.1, 0.15) is 50.2 Å². The summed E-state index contributed by atoms with van der Waals surface area (Å²) in [4.78, 5) is 4.33. The fraction of sp³-hybridized carbons (Fsp3) is 0.867. The summed E-state index contributed by atoms with van der Waals surface area (Å²) in [5.74, 6) is 6.47. The molecule has 0 spiro atoms. The molecule has 19 heavy (non-hydrogen) atoms. The van der Waals surface area contributed by atoms with E-state index >= 15 is 0 Å². The van der Waals surface area contributed by atoms with Crippen molar-refractivity contribution in [3.63, 3.8) is 0 Å². The molecular formula is C15H23N3O. The molecule has 1 aromatic heterocycles. The lowest BCUT2D eigenvalue weighted by molar-refractivity contribution is -0.0396. The summed E-state index contributed by atoms with van der Waals surface area (Å²) in [7, 11) is 0. The molecule has 0 radical (unpaired) electrons. The Balaban J connectivity index is 1.40. The molecule has 4 aliphatic carbocycles. The minimum atomic E-state index is 0.352. The smallest absolute Gasteiger partial charge is 0.240 e. The fourth-order valence-corrected chi connectivity index (χ4v) is 5.28. The zero-order valence-electron chi connectivity index (χ0n) is 11.4. The van der Waals surface area contributed by atoms with Crippen molar-refractivity contribution >= 4 is 0 Å². The maximum atomic E-state index is 5.50. The van der Waals surface area contributed by atoms with E-state index in [1.165, 1.54) is 38.5 Å². The molecule has 0 saturated heterocycles. The van der Waals surface area contributed by atoms with Crippen molar-refractivity contribution in [1.82, 2.24) is 10.1 Å². The molecule has 4 heteroatoms. The summed E-state index contributed by atoms with van der Waals surface area (Å²) < 4.78 is 5.09. The summed E-state index contributed by atoms with van der Waals surface area (Å²) in [6.07, 6.45) is 9.74. The van der Waals surface area contributed by atoms with Gasteiger partial charge >= 0.3 is 0 Å². The molecule has 1 aromatic rings. The Morgan fingerprint density at radius 1 is 1.05 bits per heavy atom. The highest BCUT2D eigenvalue weighted by Crippen LogP contribution is 2.57. The maximum absolute atomic E-state index is 5.50. The maximum Gasteiger partial charge on any atom is 0.240 e. The predicted octanol–water partition coefficient (Wildman–Crippen LogP) is 2.53. The van der Waals surface area contributed by atoms with Crippen LogP contribution in [-0.4, -0.2) is 10.1 Å². The molecule has 1 heterocycles. The summed E-state index contributed by atoms with van der Waals surface area (Å²) >= 11 is 0. The minimum absolute atomic E-state index is 0.352. The molecule has 0 aliphatic heterocycles. The normalized spacial score (nSPS) is 39.9. The molecule has 4 nitrogen and oxygen atoms in total. The van der Waals surface area contributed by atoms with Crippen molar-refractivity contribution < 1.29 is 4.52 Å². The van der Waals surface area contributed by atoms with E-state index in [-0.39, 0.29) is 0 Å². The van der Waals surface area contributed by atoms with Crippen LogP contribution in [0.5, 0.6) is 0 Å². The van der Waals surface area contributed by atoms with Gasteiger partial charge < -0.3 is 10.3 Å². The quantitative estimate of drug-likeness (QED) is 0.904. The topological polar surface area (TPSA) is 64.9 Å². The highest BCUT2D eigenvalue weighted by atomic mass is 16.5. The predicted molar refractivity (Wildman–Crippen MR) is 71.0 cm³/mol. The van der Waals surface area contributed by atoms with E-state index in [9.17, 15) is 0 Å². The van der Waals surface area contributed by atoms with Crippen molar-refractivity contribution in [2.24, 2.45) is 35.3 Å². The molecule has 5 rings (SSSR count). The van der Waals surface area contributed by atoms with E-state index in [2.05, 4.69) is 10.1 Å². The van der Waals surface area contributed by atoms with Crippen LogP contribution in [0.4, 0.5) is 0 Å². The van der Waals surface area contributed by atoms with Crippen LogP contribution < -0.4 is 5.73 Å². The molecule has 0 atom stereocenters. The molecule has 4 saturated carbocycles. The van der Waals surface area contributed by atoms with Crippen LogP contribution in [0.3, 0.4) is 0 Å². The van der Waals surface area contributed by atoms with E-state index in [4.69, 9.17) is 10.3 Å². The molecule has 2 N–H and O–H groups in total. The van der Waals surface area contributed by atoms with E-state index in [0.717, 1.165) is 41.8 Å². The fourth-order valence-electron chi connectivity index (χ4n) is 5.28. The van der Waals surface area contributed by atoms with Gasteiger partial charge in [0, 0.05) is 6.42 Å². The van der Waals surface area contributed by atoms with Crippen molar-refractivity contribution in [3.05, 3.63) is 11.7 Å². The van der Waals surface area contributed by atoms with Gasteiger partial charge in [-0.15, -0.1) is 0 Å². The molecule has 4 fully saturated rings. The van der Waals surface area contributed by atoms with Gasteiger partial charge in [0.05, 0.1) is 6.54 Å². The van der Waals surface area contributed by atoms with Gasteiger partial charge in [0.15, 0.2) is 5.82 Å². The van der Waals surface area contributed by atoms with E-state index in [0.29, 0.717) is 12.4 Å². The van der Waals surface area contributed by atoms with Gasteiger partial charge in [-0.3, -0.25) is 0 Å². The van der Waals surface area contributed by atoms with E-state index in [1.807, 2.05) is 0 Å². The Hall–Kier alpha value is -0.900. The summed E-state index contributed by atoms with van der Waals surface area (Å²) in [5.41, 5.74) is 5.50. The Kier molecular flexibility index (Phi) is 2.87. The van der Waals surface area contributed by atoms with Gasteiger partial charge in [0.2, 0.25) is 5.89 Å². The third kappa shape index (κ3) is 2.10. The molecule has 0 aromatic carbocycles. The van der Waals surface area contributed by atoms with E-state index < -0.39 is 0 Å². The van der Waals surface area contributed by atoms with Gasteiger partial charge in [-0.05, 0) is 68.1 Å². The first-order valence-electron chi connectivity index (χ1n) is 7.83. The second-order valence-corrected chi connectivity index (χ2v) is 6.94. The largest absolute Gasteiger partial charge is 0.338 e. The summed E-state index contributed by atoms with van der Waals surface area (Å²) in [6.45, 7) is 0.352. The van der Waals surface area contributed by atoms with Crippen LogP contribution in [-0.2, 0) is 13.0 Å². The number of rotatable bonds is 4. The second-order valence-electron chi connectivity index (χ2n) is 6.94. The molecule has 4 bridgehead atoms. The third-order valence-electron chi connectivity index (χ3n) is 5.81. The summed E-state index contributed by atoms with van der Waals surface area (Å²) in [5, 5.41) is 4.02. The Bertz CT molecular complexity index is 428. The van der Waals surface area contributed by atoms with Gasteiger partial charge in [-0.25, -0.2) is 0 Å². The van der Waals surface area contributed by atoms with Crippen molar-refractivity contribution in [2.75, 3.05) is 0 Å². The van der Waals surface area contributed by atoms with Crippen molar-refractivity contribution in [2.45, 2.75) is 51.5 Å². The first-order valence-corrected chi connectivity index (χ1v) is 7.83. The van der Waals surface area contributed by atoms with Crippen LogP contribution in [0.2, 0.25) is 0 Å². The molecule has 0 unspecified atom stereocenters. The van der Waals surface area contributed by atoms with Gasteiger partial charge in [0.25, 0.3) is 0 Å². The monoisotopic (exact) mass is 261 g/mol. The average molecular weight is 261 g/mol. The number of aryl methyl sites for hydroxylation is 1. The van der Waals surface area contributed by atoms with Crippen LogP contribution >= 0.6 is 0 Å². The lowest BCUT2D eigenvalue weighted by Gasteiger charge is -2.54. The lowest BCUT2D eigenvalue weighted by Crippen LogP contribution is -2.45. The standard InChI is InChI=1S/C15H23N3O/c16-8-15-17-14(18-19-15)2-1-13-11-4-9-3-10(6-11)7-12(13)5-9/h9-13H,1-8,16H2. The van der Waals surface area contributed by atoms with Gasteiger partial charge in [-0.2, -0.15) is 4.98 Å². The van der Waals surface area contributed by atoms with Crippen molar-refractivity contribution in [1.29, 1.82) is 0 Å². The zero-order valence-corrected chi connectivity index (χ0v) is 11.4. The molecule has 0 amide bonds. The number of hydrogen-bond donors (Lipinski definition) is 1. The highest BCUT2D eigenvalue weighted by Gasteiger charge is 2.47. The molecule has 104 valence electrons. The van der Waals surface area contributed by atoms with Gasteiger partial charge in [0.1, 0.15) is 0 Å². The number of nitrogens with zero attached hydrogens (tertiary/aromatic N) is 2. The first-order chi connectivity index (χ1) is 9.31.